The second-order valence-electron chi connectivity index (χ2n) is 12.3. The molecule has 2 saturated heterocycles. The number of likely N-dealkylation sites (N-methyl/N-ethyl adjacent to an activating group) is 1. The van der Waals surface area contributed by atoms with Crippen molar-refractivity contribution in [1.82, 2.24) is 24.9 Å². The number of anilines is 5. The summed E-state index contributed by atoms with van der Waals surface area (Å²) in [6, 6.07) is 7.32. The van der Waals surface area contributed by atoms with Gasteiger partial charge in [-0.15, -0.1) is 0 Å². The van der Waals surface area contributed by atoms with E-state index in [0.717, 1.165) is 46.8 Å². The first-order valence-corrected chi connectivity index (χ1v) is 16.7. The fourth-order valence-electron chi connectivity index (χ4n) is 6.87. The zero-order valence-corrected chi connectivity index (χ0v) is 26.2. The molecule has 3 atom stereocenters. The predicted octanol–water partition coefficient (Wildman–Crippen LogP) is 3.66. The minimum atomic E-state index is -0.445. The van der Waals surface area contributed by atoms with Crippen LogP contribution in [0.25, 0.3) is 0 Å². The van der Waals surface area contributed by atoms with Crippen LogP contribution in [0.2, 0.25) is 0 Å². The molecule has 1 saturated carbocycles. The first-order chi connectivity index (χ1) is 20.4. The molecule has 0 radical (unpaired) electrons. The van der Waals surface area contributed by atoms with E-state index >= 15 is 0 Å². The number of hydrogen-bond donors (Lipinski definition) is 4. The summed E-state index contributed by atoms with van der Waals surface area (Å²) >= 11 is 0. The summed E-state index contributed by atoms with van der Waals surface area (Å²) in [4.78, 5) is 29.8. The van der Waals surface area contributed by atoms with Crippen LogP contribution in [0.15, 0.2) is 34.8 Å². The normalized spacial score (nSPS) is 24.3. The van der Waals surface area contributed by atoms with E-state index in [0.29, 0.717) is 35.5 Å². The lowest BCUT2D eigenvalue weighted by molar-refractivity contribution is 0.0982. The van der Waals surface area contributed by atoms with Gasteiger partial charge in [-0.1, -0.05) is 6.92 Å². The molecular weight excluding hydrogens is 545 g/mol. The number of nitrogens with zero attached hydrogens (tertiary/aromatic N) is 5. The number of piperidine rings is 1. The van der Waals surface area contributed by atoms with Gasteiger partial charge in [0.15, 0.2) is 11.6 Å². The van der Waals surface area contributed by atoms with Crippen molar-refractivity contribution in [3.05, 3.63) is 51.6 Å². The van der Waals surface area contributed by atoms with Crippen LogP contribution in [0.3, 0.4) is 0 Å². The Labute approximate surface area is 251 Å². The maximum absolute atomic E-state index is 12.9. The molecule has 5 N–H and O–H groups in total. The van der Waals surface area contributed by atoms with Crippen molar-refractivity contribution < 1.29 is 0 Å². The smallest absolute Gasteiger partial charge is 0.297 e. The number of aromatic nitrogens is 2. The molecule has 4 heterocycles. The molecule has 0 bridgehead atoms. The van der Waals surface area contributed by atoms with Gasteiger partial charge in [0.05, 0.1) is 5.69 Å². The summed E-state index contributed by atoms with van der Waals surface area (Å²) in [6.07, 6.45) is 8.38. The maximum Gasteiger partial charge on any atom is 0.297 e. The van der Waals surface area contributed by atoms with Crippen LogP contribution in [-0.2, 0) is 6.42 Å². The van der Waals surface area contributed by atoms with E-state index in [1.165, 1.54) is 55.8 Å². The maximum atomic E-state index is 12.9. The fraction of sp³-hybridized carbons (Fsp3) is 0.581. The molecule has 3 unspecified atom stereocenters. The van der Waals surface area contributed by atoms with Crippen LogP contribution in [0.5, 0.6) is 0 Å². The predicted molar refractivity (Wildman–Crippen MR) is 175 cm³/mol. The van der Waals surface area contributed by atoms with Crippen molar-refractivity contribution in [3.63, 3.8) is 0 Å². The van der Waals surface area contributed by atoms with Gasteiger partial charge in [0.2, 0.25) is 0 Å². The topological polar surface area (TPSA) is 115 Å². The minimum absolute atomic E-state index is 0.0399. The van der Waals surface area contributed by atoms with E-state index in [9.17, 15) is 4.79 Å². The highest BCUT2D eigenvalue weighted by Crippen LogP contribution is 2.40. The molecule has 0 amide bonds. The zero-order valence-electron chi connectivity index (χ0n) is 25.2. The van der Waals surface area contributed by atoms with E-state index < -0.39 is 5.56 Å². The van der Waals surface area contributed by atoms with Gasteiger partial charge < -0.3 is 31.3 Å². The van der Waals surface area contributed by atoms with Crippen LogP contribution >= 0.6 is 8.73 Å². The van der Waals surface area contributed by atoms with E-state index in [-0.39, 0.29) is 11.7 Å². The summed E-state index contributed by atoms with van der Waals surface area (Å²) < 4.78 is 0. The number of aryl methyl sites for hydroxylation is 2. The molecule has 3 aliphatic heterocycles. The highest BCUT2D eigenvalue weighted by molar-refractivity contribution is 7.37. The molecule has 11 heteroatoms. The monoisotopic (exact) mass is 591 g/mol. The third-order valence-electron chi connectivity index (χ3n) is 9.46. The Bertz CT molecular complexity index is 1370. The first kappa shape index (κ1) is 29.1. The molecule has 6 rings (SSSR count). The van der Waals surface area contributed by atoms with Gasteiger partial charge in [-0.2, -0.15) is 0 Å². The second kappa shape index (κ2) is 12.7. The molecule has 1 aromatic carbocycles. The van der Waals surface area contributed by atoms with E-state index in [4.69, 9.17) is 10.7 Å². The lowest BCUT2D eigenvalue weighted by atomic mass is 9.90. The van der Waals surface area contributed by atoms with Crippen molar-refractivity contribution in [2.75, 3.05) is 67.6 Å². The van der Waals surface area contributed by atoms with Crippen molar-refractivity contribution in [2.24, 2.45) is 0 Å². The SMILES string of the molecule is CCc1nc(=O)c(N)c(Nc2ccc(N3CCC(N4CCN(C)CC4)CC3)c(C)c2)nc1NC1CCC2PNC=C2C1. The Hall–Kier alpha value is -2.94. The van der Waals surface area contributed by atoms with E-state index in [2.05, 4.69) is 73.8 Å². The number of rotatable bonds is 7. The quantitative estimate of drug-likeness (QED) is 0.356. The standard InChI is InChI=1S/C31H46N9OP/c1-4-25-29(34-23-6-8-27-21(18-23)19-33-42-27)37-30(28(32)31(41)36-25)35-22-5-7-26(20(2)17-22)40-11-9-24(10-12-40)39-15-13-38(3)14-16-39/h5,7,17,19,23-24,27,33,42H,4,6,8-16,18H2,1-3H3,(H4,32,34,35,36,37,41). The molecule has 3 fully saturated rings. The lowest BCUT2D eigenvalue weighted by Gasteiger charge is -2.43. The number of fused-ring (bicyclic) bond motifs is 1. The molecule has 4 aliphatic rings. The molecule has 2 aromatic rings. The average molecular weight is 592 g/mol. The Kier molecular flexibility index (Phi) is 8.84. The molecule has 1 aliphatic carbocycles. The van der Waals surface area contributed by atoms with Crippen LogP contribution in [0, 0.1) is 6.92 Å². The summed E-state index contributed by atoms with van der Waals surface area (Å²) in [5.41, 5.74) is 12.0. The number of piperazine rings is 1. The Morgan fingerprint density at radius 3 is 2.57 bits per heavy atom. The summed E-state index contributed by atoms with van der Waals surface area (Å²) in [5.74, 6) is 0.995. The average Bonchev–Trinajstić information content (AvgIpc) is 3.43. The number of hydrogen-bond acceptors (Lipinski definition) is 10. The summed E-state index contributed by atoms with van der Waals surface area (Å²) in [7, 11) is 3.01. The number of nitrogen functional groups attached to an aromatic ring is 1. The Morgan fingerprint density at radius 2 is 1.83 bits per heavy atom. The van der Waals surface area contributed by atoms with Gasteiger partial charge in [-0.3, -0.25) is 9.69 Å². The van der Waals surface area contributed by atoms with Crippen LogP contribution in [0.4, 0.5) is 28.7 Å². The van der Waals surface area contributed by atoms with Crippen molar-refractivity contribution in [2.45, 2.75) is 70.1 Å². The lowest BCUT2D eigenvalue weighted by Crippen LogP contribution is -2.52. The third-order valence-corrected chi connectivity index (χ3v) is 10.8. The van der Waals surface area contributed by atoms with Gasteiger partial charge in [-0.05, 0) is 96.8 Å². The number of nitrogens with one attached hydrogen (secondary N) is 3. The second-order valence-corrected chi connectivity index (χ2v) is 13.6. The Balaban J connectivity index is 1.16. The Morgan fingerprint density at radius 1 is 1.05 bits per heavy atom. The number of nitrogens with two attached hydrogens (primary N) is 1. The molecular formula is C31H46N9OP. The van der Waals surface area contributed by atoms with Gasteiger partial charge in [0.1, 0.15) is 5.69 Å². The highest BCUT2D eigenvalue weighted by Gasteiger charge is 2.29. The minimum Gasteiger partial charge on any atom is -0.391 e. The van der Waals surface area contributed by atoms with E-state index in [1.54, 1.807) is 0 Å². The largest absolute Gasteiger partial charge is 0.391 e. The van der Waals surface area contributed by atoms with Crippen LogP contribution in [-0.4, -0.2) is 83.8 Å². The molecule has 10 nitrogen and oxygen atoms in total. The van der Waals surface area contributed by atoms with E-state index in [1.807, 2.05) is 6.92 Å². The molecule has 1 aromatic heterocycles. The number of benzene rings is 1. The van der Waals surface area contributed by atoms with Gasteiger partial charge >= 0.3 is 0 Å². The van der Waals surface area contributed by atoms with Crippen molar-refractivity contribution in [1.29, 1.82) is 0 Å². The summed E-state index contributed by atoms with van der Waals surface area (Å²) in [5, 5.41) is 10.4. The van der Waals surface area contributed by atoms with Gasteiger partial charge in [0, 0.05) is 68.4 Å². The highest BCUT2D eigenvalue weighted by atomic mass is 31.1. The summed E-state index contributed by atoms with van der Waals surface area (Å²) in [6.45, 7) is 11.0. The van der Waals surface area contributed by atoms with Gasteiger partial charge in [0.25, 0.3) is 5.56 Å². The fourth-order valence-corrected chi connectivity index (χ4v) is 8.04. The van der Waals surface area contributed by atoms with Gasteiger partial charge in [-0.25, -0.2) is 9.97 Å². The van der Waals surface area contributed by atoms with Crippen molar-refractivity contribution in [3.8, 4) is 0 Å². The molecule has 0 spiro atoms. The van der Waals surface area contributed by atoms with Crippen molar-refractivity contribution >= 4 is 37.4 Å². The molecule has 42 heavy (non-hydrogen) atoms. The van der Waals surface area contributed by atoms with Crippen LogP contribution < -0.4 is 31.9 Å². The zero-order chi connectivity index (χ0) is 29.2. The van der Waals surface area contributed by atoms with Crippen LogP contribution in [0.1, 0.15) is 50.3 Å². The first-order valence-electron chi connectivity index (χ1n) is 15.6. The molecule has 226 valence electrons. The third kappa shape index (κ3) is 6.36.